The molecule has 0 aromatic carbocycles. The first-order chi connectivity index (χ1) is 6.11. The number of nitrogens with two attached hydrogens (primary N) is 1. The molecule has 13 heavy (non-hydrogen) atoms. The van der Waals surface area contributed by atoms with E-state index >= 15 is 0 Å². The summed E-state index contributed by atoms with van der Waals surface area (Å²) in [5, 5.41) is 36.6. The zero-order chi connectivity index (χ0) is 10.0. The smallest absolute Gasteiger partial charge is 0.174 e. The second kappa shape index (κ2) is 4.29. The molecule has 0 aliphatic carbocycles. The van der Waals surface area contributed by atoms with Crippen LogP contribution in [0.5, 0.6) is 0 Å². The van der Waals surface area contributed by atoms with E-state index in [1.54, 1.807) is 0 Å². The molecule has 7 heteroatoms. The van der Waals surface area contributed by atoms with Gasteiger partial charge in [0.05, 0.1) is 6.61 Å². The zero-order valence-electron chi connectivity index (χ0n) is 6.87. The number of aliphatic hydroxyl groups is 4. The molecule has 1 aliphatic heterocycles. The Balaban J connectivity index is 2.66. The van der Waals surface area contributed by atoms with E-state index < -0.39 is 37.3 Å². The van der Waals surface area contributed by atoms with Crippen molar-refractivity contribution in [2.75, 3.05) is 6.61 Å². The second-order valence-electron chi connectivity index (χ2n) is 2.92. The van der Waals surface area contributed by atoms with Gasteiger partial charge in [-0.1, -0.05) is 0 Å². The molecule has 7 N–H and O–H groups in total. The van der Waals surface area contributed by atoms with Crippen LogP contribution >= 0.6 is 0 Å². The van der Waals surface area contributed by atoms with Crippen LogP contribution in [0.4, 0.5) is 0 Å². The van der Waals surface area contributed by atoms with Crippen molar-refractivity contribution in [3.63, 3.8) is 0 Å². The van der Waals surface area contributed by atoms with Gasteiger partial charge in [0.2, 0.25) is 0 Å². The summed E-state index contributed by atoms with van der Waals surface area (Å²) in [6.07, 6.45) is -4.88. The van der Waals surface area contributed by atoms with Crippen LogP contribution in [0.3, 0.4) is 0 Å². The first-order valence-corrected chi connectivity index (χ1v) is 3.88. The molecule has 1 heterocycles. The first-order valence-electron chi connectivity index (χ1n) is 3.88. The van der Waals surface area contributed by atoms with Gasteiger partial charge in [-0.05, 0) is 0 Å². The summed E-state index contributed by atoms with van der Waals surface area (Å²) in [6.45, 7) is -0.480. The van der Waals surface area contributed by atoms with Gasteiger partial charge in [0.25, 0.3) is 0 Å². The third kappa shape index (κ3) is 1.97. The minimum Gasteiger partial charge on any atom is -0.394 e. The van der Waals surface area contributed by atoms with Crippen LogP contribution in [0.1, 0.15) is 0 Å². The predicted octanol–water partition coefficient (Wildman–Crippen LogP) is -3.75. The highest BCUT2D eigenvalue weighted by molar-refractivity contribution is 4.91. The van der Waals surface area contributed by atoms with Crippen LogP contribution in [0.2, 0.25) is 0 Å². The fraction of sp³-hybridized carbons (Fsp3) is 1.00. The Bertz CT molecular complexity index is 169. The lowest BCUT2D eigenvalue weighted by molar-refractivity contribution is -0.254. The van der Waals surface area contributed by atoms with Crippen LogP contribution in [0, 0.1) is 0 Å². The maximum Gasteiger partial charge on any atom is 0.174 e. The molecule has 1 rings (SSSR count). The van der Waals surface area contributed by atoms with Gasteiger partial charge in [0.1, 0.15) is 24.4 Å². The van der Waals surface area contributed by atoms with Crippen molar-refractivity contribution < 1.29 is 25.2 Å². The third-order valence-corrected chi connectivity index (χ3v) is 2.09. The second-order valence-corrected chi connectivity index (χ2v) is 2.92. The Kier molecular flexibility index (Phi) is 3.56. The molecule has 0 spiro atoms. The van der Waals surface area contributed by atoms with Crippen LogP contribution in [0.25, 0.3) is 0 Å². The number of hydrogen-bond acceptors (Lipinski definition) is 7. The van der Waals surface area contributed by atoms with E-state index in [9.17, 15) is 15.3 Å². The highest BCUT2D eigenvalue weighted by Gasteiger charge is 2.42. The Morgan fingerprint density at radius 3 is 2.31 bits per heavy atom. The average molecular weight is 194 g/mol. The lowest BCUT2D eigenvalue weighted by Gasteiger charge is -2.39. The molecule has 1 unspecified atom stereocenters. The first kappa shape index (κ1) is 10.8. The molecular weight excluding hydrogens is 180 g/mol. The summed E-state index contributed by atoms with van der Waals surface area (Å²) in [5.74, 6) is 5.01. The maximum absolute atomic E-state index is 9.37. The lowest BCUT2D eigenvalue weighted by Crippen LogP contribution is -2.64. The lowest BCUT2D eigenvalue weighted by atomic mass is 9.98. The minimum absolute atomic E-state index is 0.480. The van der Waals surface area contributed by atoms with Crippen molar-refractivity contribution in [3.05, 3.63) is 0 Å². The number of hydrazine groups is 1. The molecule has 0 radical (unpaired) electrons. The number of ether oxygens (including phenoxy) is 1. The molecule has 1 aliphatic rings. The molecule has 0 aromatic heterocycles. The number of rotatable bonds is 2. The van der Waals surface area contributed by atoms with Gasteiger partial charge < -0.3 is 25.2 Å². The van der Waals surface area contributed by atoms with Crippen molar-refractivity contribution in [1.29, 1.82) is 0 Å². The van der Waals surface area contributed by atoms with Gasteiger partial charge >= 0.3 is 0 Å². The molecule has 7 nitrogen and oxygen atoms in total. The molecule has 78 valence electrons. The van der Waals surface area contributed by atoms with E-state index in [2.05, 4.69) is 5.43 Å². The standard InChI is InChI=1S/C6H14N2O5/c7-8-3-5(11)4(10)2(1-9)13-6(3)12/h2-6,8-12H,1,7H2/t2-,3+,4-,5-,6?/m1/s1. The van der Waals surface area contributed by atoms with Gasteiger partial charge in [-0.3, -0.25) is 5.84 Å². The summed E-state index contributed by atoms with van der Waals surface area (Å²) >= 11 is 0. The highest BCUT2D eigenvalue weighted by atomic mass is 16.6. The molecule has 0 amide bonds. The summed E-state index contributed by atoms with van der Waals surface area (Å²) < 4.78 is 4.77. The van der Waals surface area contributed by atoms with Gasteiger partial charge in [0, 0.05) is 0 Å². The van der Waals surface area contributed by atoms with Crippen LogP contribution < -0.4 is 11.3 Å². The van der Waals surface area contributed by atoms with Gasteiger partial charge in [-0.15, -0.1) is 0 Å². The molecule has 0 aromatic rings. The van der Waals surface area contributed by atoms with Crippen molar-refractivity contribution in [2.45, 2.75) is 30.6 Å². The number of aliphatic hydroxyl groups excluding tert-OH is 4. The largest absolute Gasteiger partial charge is 0.394 e. The molecule has 0 bridgehead atoms. The number of hydrogen-bond donors (Lipinski definition) is 6. The SMILES string of the molecule is NN[C@@H]1C(O)O[C@H](CO)[C@@H](O)[C@@H]1O. The van der Waals surface area contributed by atoms with Crippen molar-refractivity contribution in [3.8, 4) is 0 Å². The van der Waals surface area contributed by atoms with Gasteiger partial charge in [0.15, 0.2) is 6.29 Å². The zero-order valence-corrected chi connectivity index (χ0v) is 6.87. The highest BCUT2D eigenvalue weighted by Crippen LogP contribution is 2.18. The number of nitrogens with one attached hydrogen (secondary N) is 1. The Hall–Kier alpha value is -0.280. The van der Waals surface area contributed by atoms with Crippen molar-refractivity contribution in [1.82, 2.24) is 5.43 Å². The molecule has 5 atom stereocenters. The summed E-state index contributed by atoms with van der Waals surface area (Å²) in [4.78, 5) is 0. The Morgan fingerprint density at radius 2 is 1.85 bits per heavy atom. The van der Waals surface area contributed by atoms with E-state index in [0.29, 0.717) is 0 Å². The summed E-state index contributed by atoms with van der Waals surface area (Å²) in [5.41, 5.74) is 2.11. The van der Waals surface area contributed by atoms with Crippen molar-refractivity contribution >= 4 is 0 Å². The fourth-order valence-corrected chi connectivity index (χ4v) is 1.28. The summed E-state index contributed by atoms with van der Waals surface area (Å²) in [7, 11) is 0. The van der Waals surface area contributed by atoms with Crippen LogP contribution in [-0.4, -0.2) is 57.7 Å². The fourth-order valence-electron chi connectivity index (χ4n) is 1.28. The van der Waals surface area contributed by atoms with E-state index in [1.807, 2.05) is 0 Å². The monoisotopic (exact) mass is 194 g/mol. The van der Waals surface area contributed by atoms with Crippen LogP contribution in [-0.2, 0) is 4.74 Å². The Labute approximate surface area is 74.7 Å². The van der Waals surface area contributed by atoms with E-state index in [4.69, 9.17) is 15.7 Å². The predicted molar refractivity (Wildman–Crippen MR) is 41.1 cm³/mol. The normalized spacial score (nSPS) is 46.4. The van der Waals surface area contributed by atoms with E-state index in [1.165, 1.54) is 0 Å². The topological polar surface area (TPSA) is 128 Å². The quantitative estimate of drug-likeness (QED) is 0.197. The molecular formula is C6H14N2O5. The minimum atomic E-state index is -1.35. The molecule has 1 saturated heterocycles. The molecule has 1 fully saturated rings. The average Bonchev–Trinajstić information content (AvgIpc) is 2.12. The Morgan fingerprint density at radius 1 is 1.23 bits per heavy atom. The van der Waals surface area contributed by atoms with Crippen LogP contribution in [0.15, 0.2) is 0 Å². The van der Waals surface area contributed by atoms with Gasteiger partial charge in [-0.2, -0.15) is 0 Å². The third-order valence-electron chi connectivity index (χ3n) is 2.09. The molecule has 0 saturated carbocycles. The van der Waals surface area contributed by atoms with E-state index in [0.717, 1.165) is 0 Å². The van der Waals surface area contributed by atoms with Gasteiger partial charge in [-0.25, -0.2) is 5.43 Å². The maximum atomic E-state index is 9.37. The summed E-state index contributed by atoms with van der Waals surface area (Å²) in [6, 6.07) is -0.960. The van der Waals surface area contributed by atoms with E-state index in [-0.39, 0.29) is 0 Å². The van der Waals surface area contributed by atoms with Crippen molar-refractivity contribution in [2.24, 2.45) is 5.84 Å².